The number of hydrogen-bond donors (Lipinski definition) is 1. The van der Waals surface area contributed by atoms with E-state index in [1.807, 2.05) is 0 Å². The van der Waals surface area contributed by atoms with Crippen molar-refractivity contribution in [1.29, 1.82) is 0 Å². The van der Waals surface area contributed by atoms with E-state index in [0.29, 0.717) is 15.3 Å². The average molecular weight is 302 g/mol. The van der Waals surface area contributed by atoms with Gasteiger partial charge in [-0.05, 0) is 40.2 Å². The van der Waals surface area contributed by atoms with E-state index >= 15 is 0 Å². The van der Waals surface area contributed by atoms with Gasteiger partial charge in [0, 0.05) is 10.0 Å². The Bertz CT molecular complexity index is 548. The lowest BCUT2D eigenvalue weighted by Crippen LogP contribution is -1.91. The minimum absolute atomic E-state index is 0.0955. The van der Waals surface area contributed by atoms with E-state index in [1.165, 1.54) is 6.07 Å². The summed E-state index contributed by atoms with van der Waals surface area (Å²) in [7, 11) is 0. The molecule has 82 valence electrons. The number of carboxylic acids is 1. The van der Waals surface area contributed by atoms with Crippen LogP contribution in [0.3, 0.4) is 0 Å². The third kappa shape index (κ3) is 1.99. The van der Waals surface area contributed by atoms with E-state index in [2.05, 4.69) is 15.9 Å². The molecule has 2 aromatic rings. The Morgan fingerprint density at radius 1 is 1.31 bits per heavy atom. The number of furan rings is 1. The van der Waals surface area contributed by atoms with Crippen molar-refractivity contribution >= 4 is 33.5 Å². The van der Waals surface area contributed by atoms with Crippen LogP contribution in [-0.2, 0) is 0 Å². The van der Waals surface area contributed by atoms with Gasteiger partial charge in [-0.2, -0.15) is 0 Å². The van der Waals surface area contributed by atoms with Crippen LogP contribution < -0.4 is 0 Å². The van der Waals surface area contributed by atoms with Gasteiger partial charge in [0.15, 0.2) is 0 Å². The van der Waals surface area contributed by atoms with Crippen molar-refractivity contribution in [2.45, 2.75) is 0 Å². The monoisotopic (exact) mass is 300 g/mol. The van der Waals surface area contributed by atoms with Crippen LogP contribution in [0.4, 0.5) is 0 Å². The smallest absolute Gasteiger partial charge is 0.371 e. The molecule has 0 spiro atoms. The number of carbonyl (C=O) groups is 1. The number of benzene rings is 1. The fourth-order valence-electron chi connectivity index (χ4n) is 1.29. The number of aromatic carboxylic acids is 1. The molecule has 5 heteroatoms. The molecular formula is C11H6BrClO3. The molecule has 1 heterocycles. The summed E-state index contributed by atoms with van der Waals surface area (Å²) >= 11 is 9.25. The van der Waals surface area contributed by atoms with Crippen LogP contribution in [0.2, 0.25) is 5.02 Å². The Morgan fingerprint density at radius 3 is 2.69 bits per heavy atom. The standard InChI is InChI=1S/C11H6BrClO3/c12-10-6(2-1-3-7(10)13)8-4-5-9(16-8)11(14)15/h1-5H,(H,14,15). The highest BCUT2D eigenvalue weighted by Gasteiger charge is 2.13. The molecule has 1 aromatic carbocycles. The molecule has 3 nitrogen and oxygen atoms in total. The second-order valence-corrected chi connectivity index (χ2v) is 4.27. The normalized spacial score (nSPS) is 10.4. The van der Waals surface area contributed by atoms with Gasteiger partial charge in [-0.3, -0.25) is 0 Å². The minimum Gasteiger partial charge on any atom is -0.475 e. The molecule has 0 atom stereocenters. The summed E-state index contributed by atoms with van der Waals surface area (Å²) in [4.78, 5) is 10.7. The predicted molar refractivity (Wildman–Crippen MR) is 63.8 cm³/mol. The van der Waals surface area contributed by atoms with Crippen molar-refractivity contribution in [3.8, 4) is 11.3 Å². The van der Waals surface area contributed by atoms with Crippen LogP contribution in [0.5, 0.6) is 0 Å². The summed E-state index contributed by atoms with van der Waals surface area (Å²) < 4.78 is 5.86. The van der Waals surface area contributed by atoms with Crippen molar-refractivity contribution in [2.75, 3.05) is 0 Å². The highest BCUT2D eigenvalue weighted by atomic mass is 79.9. The molecule has 2 rings (SSSR count). The van der Waals surface area contributed by atoms with Gasteiger partial charge in [0.2, 0.25) is 5.76 Å². The topological polar surface area (TPSA) is 50.4 Å². The van der Waals surface area contributed by atoms with Crippen LogP contribution in [-0.4, -0.2) is 11.1 Å². The van der Waals surface area contributed by atoms with Gasteiger partial charge in [-0.25, -0.2) is 4.79 Å². The van der Waals surface area contributed by atoms with Crippen LogP contribution in [0.15, 0.2) is 39.2 Å². The van der Waals surface area contributed by atoms with Crippen molar-refractivity contribution in [1.82, 2.24) is 0 Å². The summed E-state index contributed by atoms with van der Waals surface area (Å²) in [5.74, 6) is -0.724. The van der Waals surface area contributed by atoms with E-state index in [9.17, 15) is 4.79 Å². The Kier molecular flexibility index (Phi) is 3.03. The second kappa shape index (κ2) is 4.31. The first-order valence-corrected chi connectivity index (χ1v) is 5.54. The van der Waals surface area contributed by atoms with Gasteiger partial charge >= 0.3 is 5.97 Å². The van der Waals surface area contributed by atoms with Crippen LogP contribution in [0.25, 0.3) is 11.3 Å². The molecule has 0 aliphatic carbocycles. The maximum absolute atomic E-state index is 10.7. The van der Waals surface area contributed by atoms with E-state index in [1.54, 1.807) is 24.3 Å². The summed E-state index contributed by atoms with van der Waals surface area (Å²) in [6.45, 7) is 0. The lowest BCUT2D eigenvalue weighted by atomic mass is 10.2. The van der Waals surface area contributed by atoms with Crippen LogP contribution in [0, 0.1) is 0 Å². The molecular weight excluding hydrogens is 295 g/mol. The molecule has 0 saturated heterocycles. The molecule has 0 saturated carbocycles. The van der Waals surface area contributed by atoms with E-state index in [-0.39, 0.29) is 5.76 Å². The summed E-state index contributed by atoms with van der Waals surface area (Å²) in [5, 5.41) is 9.28. The van der Waals surface area contributed by atoms with Gasteiger partial charge in [-0.15, -0.1) is 0 Å². The minimum atomic E-state index is -1.09. The van der Waals surface area contributed by atoms with E-state index in [4.69, 9.17) is 21.1 Å². The first kappa shape index (κ1) is 11.2. The fraction of sp³-hybridized carbons (Fsp3) is 0. The van der Waals surface area contributed by atoms with Crippen LogP contribution in [0.1, 0.15) is 10.6 Å². The largest absolute Gasteiger partial charge is 0.475 e. The van der Waals surface area contributed by atoms with Gasteiger partial charge < -0.3 is 9.52 Å². The lowest BCUT2D eigenvalue weighted by Gasteiger charge is -2.02. The number of hydrogen-bond acceptors (Lipinski definition) is 2. The molecule has 0 fully saturated rings. The second-order valence-electron chi connectivity index (χ2n) is 3.07. The zero-order valence-corrected chi connectivity index (χ0v) is 10.2. The maximum Gasteiger partial charge on any atom is 0.371 e. The Labute approximate surface area is 105 Å². The van der Waals surface area contributed by atoms with Gasteiger partial charge in [-0.1, -0.05) is 17.7 Å². The third-order valence-corrected chi connectivity index (χ3v) is 3.43. The number of carboxylic acid groups (broad SMARTS) is 1. The third-order valence-electron chi connectivity index (χ3n) is 2.03. The van der Waals surface area contributed by atoms with Crippen molar-refractivity contribution in [3.05, 3.63) is 45.6 Å². The fourth-order valence-corrected chi connectivity index (χ4v) is 1.93. The molecule has 0 bridgehead atoms. The highest BCUT2D eigenvalue weighted by Crippen LogP contribution is 2.34. The Morgan fingerprint density at radius 2 is 2.06 bits per heavy atom. The molecule has 0 radical (unpaired) electrons. The van der Waals surface area contributed by atoms with Crippen molar-refractivity contribution < 1.29 is 14.3 Å². The molecule has 0 amide bonds. The van der Waals surface area contributed by atoms with Gasteiger partial charge in [0.1, 0.15) is 5.76 Å². The predicted octanol–water partition coefficient (Wildman–Crippen LogP) is 4.06. The quantitative estimate of drug-likeness (QED) is 0.910. The zero-order chi connectivity index (χ0) is 11.7. The van der Waals surface area contributed by atoms with E-state index in [0.717, 1.165) is 5.56 Å². The Balaban J connectivity index is 2.50. The van der Waals surface area contributed by atoms with Gasteiger partial charge in [0.25, 0.3) is 0 Å². The summed E-state index contributed by atoms with van der Waals surface area (Å²) in [6, 6.07) is 8.30. The lowest BCUT2D eigenvalue weighted by molar-refractivity contribution is 0.0663. The number of rotatable bonds is 2. The SMILES string of the molecule is O=C(O)c1ccc(-c2cccc(Cl)c2Br)o1. The average Bonchev–Trinajstić information content (AvgIpc) is 2.71. The summed E-state index contributed by atoms with van der Waals surface area (Å²) in [6.07, 6.45) is 0. The van der Waals surface area contributed by atoms with Crippen molar-refractivity contribution in [2.24, 2.45) is 0 Å². The molecule has 1 N–H and O–H groups in total. The highest BCUT2D eigenvalue weighted by molar-refractivity contribution is 9.10. The summed E-state index contributed by atoms with van der Waals surface area (Å²) in [5.41, 5.74) is 0.722. The van der Waals surface area contributed by atoms with Gasteiger partial charge in [0.05, 0.1) is 5.02 Å². The Hall–Kier alpha value is -1.26. The molecule has 0 aliphatic heterocycles. The molecule has 0 unspecified atom stereocenters. The first-order valence-electron chi connectivity index (χ1n) is 4.37. The number of halogens is 2. The van der Waals surface area contributed by atoms with E-state index < -0.39 is 5.97 Å². The molecule has 0 aliphatic rings. The first-order chi connectivity index (χ1) is 7.59. The van der Waals surface area contributed by atoms with Crippen molar-refractivity contribution in [3.63, 3.8) is 0 Å². The molecule has 1 aromatic heterocycles. The van der Waals surface area contributed by atoms with Crippen LogP contribution >= 0.6 is 27.5 Å². The molecule has 16 heavy (non-hydrogen) atoms. The zero-order valence-electron chi connectivity index (χ0n) is 7.91. The maximum atomic E-state index is 10.7.